The molecular weight excluding hydrogens is 196 g/mol. The SMILES string of the molecule is CCC(C(N)=O)N1CCSC(C)C1C. The van der Waals surface area contributed by atoms with Gasteiger partial charge in [-0.25, -0.2) is 0 Å². The number of carbonyl (C=O) groups excluding carboxylic acids is 1. The Bertz CT molecular complexity index is 210. The summed E-state index contributed by atoms with van der Waals surface area (Å²) in [4.78, 5) is 13.5. The van der Waals surface area contributed by atoms with Gasteiger partial charge in [0.25, 0.3) is 0 Å². The average Bonchev–Trinajstić information content (AvgIpc) is 2.13. The lowest BCUT2D eigenvalue weighted by molar-refractivity contribution is -0.124. The van der Waals surface area contributed by atoms with Gasteiger partial charge >= 0.3 is 0 Å². The van der Waals surface area contributed by atoms with E-state index in [0.29, 0.717) is 11.3 Å². The molecule has 1 heterocycles. The maximum absolute atomic E-state index is 11.3. The molecule has 1 aliphatic rings. The normalized spacial score (nSPS) is 31.4. The van der Waals surface area contributed by atoms with Gasteiger partial charge in [-0.3, -0.25) is 9.69 Å². The predicted octanol–water partition coefficient (Wildman–Crippen LogP) is 1.08. The van der Waals surface area contributed by atoms with Gasteiger partial charge in [-0.2, -0.15) is 11.8 Å². The molecule has 3 unspecified atom stereocenters. The summed E-state index contributed by atoms with van der Waals surface area (Å²) in [6.07, 6.45) is 0.817. The summed E-state index contributed by atoms with van der Waals surface area (Å²) in [5.41, 5.74) is 5.40. The molecule has 1 rings (SSSR count). The molecule has 0 aromatic heterocycles. The summed E-state index contributed by atoms with van der Waals surface area (Å²) >= 11 is 1.98. The fraction of sp³-hybridized carbons (Fsp3) is 0.900. The Morgan fingerprint density at radius 2 is 2.29 bits per heavy atom. The summed E-state index contributed by atoms with van der Waals surface area (Å²) in [5.74, 6) is 0.924. The Balaban J connectivity index is 2.68. The van der Waals surface area contributed by atoms with Gasteiger partial charge in [0.05, 0.1) is 6.04 Å². The molecule has 0 spiro atoms. The van der Waals surface area contributed by atoms with Crippen LogP contribution in [-0.4, -0.2) is 40.4 Å². The lowest BCUT2D eigenvalue weighted by Gasteiger charge is -2.41. The van der Waals surface area contributed by atoms with Crippen molar-refractivity contribution in [2.45, 2.75) is 44.5 Å². The number of primary amides is 1. The highest BCUT2D eigenvalue weighted by molar-refractivity contribution is 8.00. The molecule has 3 nitrogen and oxygen atoms in total. The van der Waals surface area contributed by atoms with Crippen LogP contribution in [0.4, 0.5) is 0 Å². The third kappa shape index (κ3) is 2.42. The zero-order valence-corrected chi connectivity index (χ0v) is 10.0. The van der Waals surface area contributed by atoms with Gasteiger partial charge in [0, 0.05) is 23.6 Å². The quantitative estimate of drug-likeness (QED) is 0.768. The number of carbonyl (C=O) groups is 1. The Morgan fingerprint density at radius 3 is 2.79 bits per heavy atom. The molecule has 0 saturated carbocycles. The molecular formula is C10H20N2OS. The summed E-state index contributed by atoms with van der Waals surface area (Å²) in [5, 5.41) is 0.595. The molecule has 0 aliphatic carbocycles. The minimum atomic E-state index is -0.182. The predicted molar refractivity (Wildman–Crippen MR) is 61.4 cm³/mol. The number of hydrogen-bond donors (Lipinski definition) is 1. The smallest absolute Gasteiger partial charge is 0.234 e. The van der Waals surface area contributed by atoms with Gasteiger partial charge in [-0.15, -0.1) is 0 Å². The first-order valence-corrected chi connectivity index (χ1v) is 6.29. The molecule has 1 aliphatic heterocycles. The number of hydrogen-bond acceptors (Lipinski definition) is 3. The van der Waals surface area contributed by atoms with Crippen LogP contribution in [0, 0.1) is 0 Å². The topological polar surface area (TPSA) is 46.3 Å². The van der Waals surface area contributed by atoms with Crippen LogP contribution in [0.15, 0.2) is 0 Å². The standard InChI is InChI=1S/C10H20N2OS/c1-4-9(10(11)13)12-5-6-14-8(3)7(12)2/h7-9H,4-6H2,1-3H3,(H2,11,13). The van der Waals surface area contributed by atoms with Crippen molar-refractivity contribution >= 4 is 17.7 Å². The second-order valence-corrected chi connectivity index (χ2v) is 5.37. The van der Waals surface area contributed by atoms with Crippen molar-refractivity contribution < 1.29 is 4.79 Å². The van der Waals surface area contributed by atoms with Gasteiger partial charge in [0.1, 0.15) is 0 Å². The summed E-state index contributed by atoms with van der Waals surface area (Å²) in [6.45, 7) is 7.41. The van der Waals surface area contributed by atoms with Crippen molar-refractivity contribution in [1.82, 2.24) is 4.90 Å². The zero-order chi connectivity index (χ0) is 10.7. The molecule has 1 amide bonds. The molecule has 0 aromatic rings. The van der Waals surface area contributed by atoms with E-state index in [2.05, 4.69) is 18.7 Å². The Labute approximate surface area is 90.4 Å². The molecule has 2 N–H and O–H groups in total. The van der Waals surface area contributed by atoms with Crippen molar-refractivity contribution in [2.24, 2.45) is 5.73 Å². The van der Waals surface area contributed by atoms with E-state index in [4.69, 9.17) is 5.73 Å². The number of amides is 1. The molecule has 1 fully saturated rings. The largest absolute Gasteiger partial charge is 0.368 e. The third-order valence-corrected chi connectivity index (χ3v) is 4.39. The van der Waals surface area contributed by atoms with E-state index < -0.39 is 0 Å². The van der Waals surface area contributed by atoms with Gasteiger partial charge in [0.15, 0.2) is 0 Å². The molecule has 82 valence electrons. The van der Waals surface area contributed by atoms with E-state index in [1.54, 1.807) is 0 Å². The van der Waals surface area contributed by atoms with Crippen molar-refractivity contribution in [2.75, 3.05) is 12.3 Å². The molecule has 0 aromatic carbocycles. The Hall–Kier alpha value is -0.220. The van der Waals surface area contributed by atoms with E-state index in [-0.39, 0.29) is 11.9 Å². The van der Waals surface area contributed by atoms with Crippen molar-refractivity contribution in [3.63, 3.8) is 0 Å². The highest BCUT2D eigenvalue weighted by Gasteiger charge is 2.32. The molecule has 0 bridgehead atoms. The maximum atomic E-state index is 11.3. The van der Waals surface area contributed by atoms with Crippen LogP contribution in [0.5, 0.6) is 0 Å². The average molecular weight is 216 g/mol. The highest BCUT2D eigenvalue weighted by atomic mass is 32.2. The van der Waals surface area contributed by atoms with Crippen LogP contribution >= 0.6 is 11.8 Å². The minimum absolute atomic E-state index is 0.0756. The second kappa shape index (κ2) is 5.03. The molecule has 14 heavy (non-hydrogen) atoms. The Morgan fingerprint density at radius 1 is 1.64 bits per heavy atom. The second-order valence-electron chi connectivity index (χ2n) is 3.88. The molecule has 1 saturated heterocycles. The molecule has 3 atom stereocenters. The molecule has 0 radical (unpaired) electrons. The van der Waals surface area contributed by atoms with Gasteiger partial charge in [0.2, 0.25) is 5.91 Å². The van der Waals surface area contributed by atoms with Gasteiger partial charge < -0.3 is 5.73 Å². The van der Waals surface area contributed by atoms with E-state index >= 15 is 0 Å². The summed E-state index contributed by atoms with van der Waals surface area (Å²) in [6, 6.07) is 0.375. The van der Waals surface area contributed by atoms with Crippen LogP contribution in [0.1, 0.15) is 27.2 Å². The molecule has 4 heteroatoms. The van der Waals surface area contributed by atoms with Crippen LogP contribution in [-0.2, 0) is 4.79 Å². The maximum Gasteiger partial charge on any atom is 0.234 e. The van der Waals surface area contributed by atoms with Gasteiger partial charge in [-0.1, -0.05) is 13.8 Å². The lowest BCUT2D eigenvalue weighted by Crippen LogP contribution is -2.54. The number of rotatable bonds is 3. The fourth-order valence-electron chi connectivity index (χ4n) is 2.00. The van der Waals surface area contributed by atoms with E-state index in [1.807, 2.05) is 18.7 Å². The van der Waals surface area contributed by atoms with Gasteiger partial charge in [-0.05, 0) is 13.3 Å². The fourth-order valence-corrected chi connectivity index (χ4v) is 3.12. The van der Waals surface area contributed by atoms with E-state index in [0.717, 1.165) is 18.7 Å². The number of nitrogens with two attached hydrogens (primary N) is 1. The monoisotopic (exact) mass is 216 g/mol. The van der Waals surface area contributed by atoms with E-state index in [1.165, 1.54) is 0 Å². The minimum Gasteiger partial charge on any atom is -0.368 e. The zero-order valence-electron chi connectivity index (χ0n) is 9.19. The van der Waals surface area contributed by atoms with Crippen LogP contribution in [0.2, 0.25) is 0 Å². The number of nitrogens with zero attached hydrogens (tertiary/aromatic N) is 1. The highest BCUT2D eigenvalue weighted by Crippen LogP contribution is 2.26. The van der Waals surface area contributed by atoms with Crippen molar-refractivity contribution in [1.29, 1.82) is 0 Å². The number of thioether (sulfide) groups is 1. The third-order valence-electron chi connectivity index (χ3n) is 3.05. The summed E-state index contributed by atoms with van der Waals surface area (Å²) in [7, 11) is 0. The first kappa shape index (κ1) is 11.9. The summed E-state index contributed by atoms with van der Waals surface area (Å²) < 4.78 is 0. The lowest BCUT2D eigenvalue weighted by atomic mass is 10.1. The van der Waals surface area contributed by atoms with E-state index in [9.17, 15) is 4.79 Å². The first-order chi connectivity index (χ1) is 6.57. The van der Waals surface area contributed by atoms with Crippen molar-refractivity contribution in [3.8, 4) is 0 Å². The van der Waals surface area contributed by atoms with Crippen molar-refractivity contribution in [3.05, 3.63) is 0 Å². The van der Waals surface area contributed by atoms with Crippen LogP contribution in [0.3, 0.4) is 0 Å². The first-order valence-electron chi connectivity index (χ1n) is 5.24. The van der Waals surface area contributed by atoms with Crippen LogP contribution < -0.4 is 5.73 Å². The van der Waals surface area contributed by atoms with Crippen LogP contribution in [0.25, 0.3) is 0 Å². The Kier molecular flexibility index (Phi) is 4.26.